The fraction of sp³-hybridized carbons (Fsp3) is 0.167. The van der Waals surface area contributed by atoms with Crippen molar-refractivity contribution in [2.45, 2.75) is 19.0 Å². The minimum absolute atomic E-state index is 0.0651. The molecule has 0 fully saturated rings. The Morgan fingerprint density at radius 3 is 2.71 bits per heavy atom. The van der Waals surface area contributed by atoms with Gasteiger partial charge in [-0.1, -0.05) is 36.0 Å². The van der Waals surface area contributed by atoms with Crippen LogP contribution in [0.4, 0.5) is 0 Å². The van der Waals surface area contributed by atoms with E-state index < -0.39 is 5.91 Å². The van der Waals surface area contributed by atoms with Crippen LogP contribution in [0.5, 0.6) is 0 Å². The number of rotatable bonds is 4. The van der Waals surface area contributed by atoms with Gasteiger partial charge in [0.2, 0.25) is 5.91 Å². The minimum atomic E-state index is -0.449. The molecule has 2 N–H and O–H groups in total. The Labute approximate surface area is 143 Å². The van der Waals surface area contributed by atoms with Gasteiger partial charge in [0.15, 0.2) is 5.16 Å². The minimum Gasteiger partial charge on any atom is -0.369 e. The summed E-state index contributed by atoms with van der Waals surface area (Å²) >= 11 is 1.17. The van der Waals surface area contributed by atoms with Crippen LogP contribution in [0.2, 0.25) is 0 Å². The predicted octanol–water partition coefficient (Wildman–Crippen LogP) is 2.58. The maximum Gasteiger partial charge on any atom is 0.266 e. The largest absolute Gasteiger partial charge is 0.369 e. The number of aromatic nitrogens is 2. The predicted molar refractivity (Wildman–Crippen MR) is 96.7 cm³/mol. The Morgan fingerprint density at radius 1 is 1.21 bits per heavy atom. The monoisotopic (exact) mass is 339 g/mol. The first-order chi connectivity index (χ1) is 11.5. The van der Waals surface area contributed by atoms with Crippen molar-refractivity contribution in [3.8, 4) is 5.69 Å². The fourth-order valence-corrected chi connectivity index (χ4v) is 3.26. The summed E-state index contributed by atoms with van der Waals surface area (Å²) in [4.78, 5) is 28.8. The van der Waals surface area contributed by atoms with Gasteiger partial charge in [0.25, 0.3) is 5.56 Å². The highest BCUT2D eigenvalue weighted by molar-refractivity contribution is 7.99. The lowest BCUT2D eigenvalue weighted by Gasteiger charge is -2.15. The summed E-state index contributed by atoms with van der Waals surface area (Å²) in [6.07, 6.45) is 0. The molecule has 1 aromatic heterocycles. The number of carbonyl (C=O) groups is 1. The lowest BCUT2D eigenvalue weighted by molar-refractivity contribution is -0.115. The van der Waals surface area contributed by atoms with E-state index in [2.05, 4.69) is 4.98 Å². The van der Waals surface area contributed by atoms with Gasteiger partial charge in [-0.25, -0.2) is 4.98 Å². The second-order valence-corrected chi connectivity index (χ2v) is 6.54. The van der Waals surface area contributed by atoms with E-state index in [0.717, 1.165) is 16.8 Å². The summed E-state index contributed by atoms with van der Waals surface area (Å²) in [6, 6.07) is 13.1. The Balaban J connectivity index is 2.32. The highest BCUT2D eigenvalue weighted by atomic mass is 32.2. The number of fused-ring (bicyclic) bond motifs is 1. The highest BCUT2D eigenvalue weighted by Crippen LogP contribution is 2.23. The molecule has 0 aliphatic carbocycles. The molecule has 0 unspecified atom stereocenters. The Kier molecular flexibility index (Phi) is 4.40. The van der Waals surface area contributed by atoms with Crippen molar-refractivity contribution in [2.75, 3.05) is 5.75 Å². The van der Waals surface area contributed by atoms with Crippen LogP contribution in [-0.4, -0.2) is 21.2 Å². The molecular weight excluding hydrogens is 322 g/mol. The molecular formula is C18H17N3O2S. The number of hydrogen-bond donors (Lipinski definition) is 1. The van der Waals surface area contributed by atoms with Crippen LogP contribution in [-0.2, 0) is 4.79 Å². The molecule has 0 saturated heterocycles. The first kappa shape index (κ1) is 16.3. The average Bonchev–Trinajstić information content (AvgIpc) is 2.56. The zero-order valence-corrected chi connectivity index (χ0v) is 14.3. The number of nitrogens with zero attached hydrogens (tertiary/aromatic N) is 2. The summed E-state index contributed by atoms with van der Waals surface area (Å²) in [5.41, 5.74) is 8.49. The molecule has 0 bridgehead atoms. The van der Waals surface area contributed by atoms with E-state index in [0.29, 0.717) is 16.1 Å². The van der Waals surface area contributed by atoms with Crippen LogP contribution in [0.1, 0.15) is 11.1 Å². The summed E-state index contributed by atoms with van der Waals surface area (Å²) in [7, 11) is 0. The number of aryl methyl sites for hydroxylation is 2. The van der Waals surface area contributed by atoms with E-state index >= 15 is 0 Å². The Morgan fingerprint density at radius 2 is 1.96 bits per heavy atom. The summed E-state index contributed by atoms with van der Waals surface area (Å²) in [5, 5.41) is 1.01. The number of carbonyl (C=O) groups excluding carboxylic acids is 1. The van der Waals surface area contributed by atoms with Crippen LogP contribution in [0.3, 0.4) is 0 Å². The number of primary amides is 1. The summed E-state index contributed by atoms with van der Waals surface area (Å²) in [6.45, 7) is 3.91. The number of hydrogen-bond acceptors (Lipinski definition) is 4. The van der Waals surface area contributed by atoms with Gasteiger partial charge in [0, 0.05) is 0 Å². The van der Waals surface area contributed by atoms with Crippen molar-refractivity contribution in [1.29, 1.82) is 0 Å². The molecule has 6 heteroatoms. The van der Waals surface area contributed by atoms with Gasteiger partial charge >= 0.3 is 0 Å². The van der Waals surface area contributed by atoms with E-state index in [4.69, 9.17) is 5.73 Å². The van der Waals surface area contributed by atoms with Crippen molar-refractivity contribution in [3.63, 3.8) is 0 Å². The normalized spacial score (nSPS) is 10.9. The van der Waals surface area contributed by atoms with E-state index in [1.54, 1.807) is 16.7 Å². The second kappa shape index (κ2) is 6.49. The lowest BCUT2D eigenvalue weighted by Crippen LogP contribution is -2.23. The number of benzene rings is 2. The Bertz CT molecular complexity index is 995. The average molecular weight is 339 g/mol. The van der Waals surface area contributed by atoms with Gasteiger partial charge in [-0.05, 0) is 43.2 Å². The SMILES string of the molecule is Cc1ccc(C)c(-n2c(SCC(N)=O)nc3ccccc3c2=O)c1. The molecule has 3 aromatic rings. The van der Waals surface area contributed by atoms with E-state index in [9.17, 15) is 9.59 Å². The smallest absolute Gasteiger partial charge is 0.266 e. The fourth-order valence-electron chi connectivity index (χ4n) is 2.52. The summed E-state index contributed by atoms with van der Waals surface area (Å²) in [5.74, 6) is -0.384. The van der Waals surface area contributed by atoms with Crippen LogP contribution in [0.15, 0.2) is 52.4 Å². The zero-order chi connectivity index (χ0) is 17.3. The number of nitrogens with two attached hydrogens (primary N) is 1. The molecule has 5 nitrogen and oxygen atoms in total. The maximum absolute atomic E-state index is 13.1. The van der Waals surface area contributed by atoms with Crippen molar-refractivity contribution in [1.82, 2.24) is 9.55 Å². The molecule has 2 aromatic carbocycles. The van der Waals surface area contributed by atoms with E-state index in [-0.39, 0.29) is 11.3 Å². The molecule has 0 aliphatic rings. The molecule has 0 radical (unpaired) electrons. The van der Waals surface area contributed by atoms with Crippen LogP contribution in [0, 0.1) is 13.8 Å². The molecule has 24 heavy (non-hydrogen) atoms. The number of para-hydroxylation sites is 1. The highest BCUT2D eigenvalue weighted by Gasteiger charge is 2.15. The van der Waals surface area contributed by atoms with E-state index in [1.165, 1.54) is 11.8 Å². The van der Waals surface area contributed by atoms with Crippen LogP contribution in [0.25, 0.3) is 16.6 Å². The number of amides is 1. The molecule has 3 rings (SSSR count). The molecule has 0 aliphatic heterocycles. The van der Waals surface area contributed by atoms with Crippen molar-refractivity contribution < 1.29 is 4.79 Å². The van der Waals surface area contributed by atoms with Crippen molar-refractivity contribution >= 4 is 28.6 Å². The van der Waals surface area contributed by atoms with Gasteiger partial charge in [0.1, 0.15) is 0 Å². The first-order valence-electron chi connectivity index (χ1n) is 7.48. The lowest BCUT2D eigenvalue weighted by atomic mass is 10.1. The molecule has 122 valence electrons. The molecule has 0 saturated carbocycles. The third-order valence-electron chi connectivity index (χ3n) is 3.69. The zero-order valence-electron chi connectivity index (χ0n) is 13.4. The van der Waals surface area contributed by atoms with Gasteiger partial charge in [-0.15, -0.1) is 0 Å². The molecule has 1 heterocycles. The van der Waals surface area contributed by atoms with Crippen LogP contribution < -0.4 is 11.3 Å². The third-order valence-corrected chi connectivity index (χ3v) is 4.65. The van der Waals surface area contributed by atoms with Crippen molar-refractivity contribution in [2.24, 2.45) is 5.73 Å². The molecule has 0 atom stereocenters. The maximum atomic E-state index is 13.1. The van der Waals surface area contributed by atoms with E-state index in [1.807, 2.05) is 44.2 Å². The van der Waals surface area contributed by atoms with Gasteiger partial charge in [-0.2, -0.15) is 0 Å². The van der Waals surface area contributed by atoms with Crippen molar-refractivity contribution in [3.05, 3.63) is 63.9 Å². The summed E-state index contributed by atoms with van der Waals surface area (Å²) < 4.78 is 1.57. The third kappa shape index (κ3) is 3.05. The second-order valence-electron chi connectivity index (χ2n) is 5.60. The number of thioether (sulfide) groups is 1. The quantitative estimate of drug-likeness (QED) is 0.585. The molecule has 1 amide bonds. The molecule has 0 spiro atoms. The standard InChI is InChI=1S/C18H17N3O2S/c1-11-7-8-12(2)15(9-11)21-17(23)13-5-3-4-6-14(13)20-18(21)24-10-16(19)22/h3-9H,10H2,1-2H3,(H2,19,22). The topological polar surface area (TPSA) is 78.0 Å². The van der Waals surface area contributed by atoms with Crippen LogP contribution >= 0.6 is 11.8 Å². The van der Waals surface area contributed by atoms with Gasteiger partial charge < -0.3 is 5.73 Å². The van der Waals surface area contributed by atoms with Gasteiger partial charge in [0.05, 0.1) is 22.3 Å². The first-order valence-corrected chi connectivity index (χ1v) is 8.46. The van der Waals surface area contributed by atoms with Gasteiger partial charge in [-0.3, -0.25) is 14.2 Å². The Hall–Kier alpha value is -2.60.